The molecule has 174 valence electrons. The standard InChI is InChI=1S/C24H26N2O6S/c1-24(2,3)15-10-11-20-19(12-15)26(33(5,29)30)14-21(32-20)22(27)25-13-17(23(28)31-4)16-8-6-7-9-18(16)25/h6-13,21H,14H2,1-5H3. The number of anilines is 1. The highest BCUT2D eigenvalue weighted by Crippen LogP contribution is 2.39. The third-order valence-electron chi connectivity index (χ3n) is 5.72. The highest BCUT2D eigenvalue weighted by molar-refractivity contribution is 7.92. The Bertz CT molecular complexity index is 1370. The Morgan fingerprint density at radius 2 is 1.82 bits per heavy atom. The molecule has 1 aliphatic heterocycles. The molecule has 8 nitrogen and oxygen atoms in total. The quantitative estimate of drug-likeness (QED) is 0.543. The fourth-order valence-corrected chi connectivity index (χ4v) is 4.86. The van der Waals surface area contributed by atoms with Crippen molar-refractivity contribution in [3.63, 3.8) is 0 Å². The van der Waals surface area contributed by atoms with Gasteiger partial charge in [-0.25, -0.2) is 13.2 Å². The average molecular weight is 471 g/mol. The number of carbonyl (C=O) groups excluding carboxylic acids is 2. The Morgan fingerprint density at radius 3 is 2.45 bits per heavy atom. The largest absolute Gasteiger partial charge is 0.476 e. The number of methoxy groups -OCH3 is 1. The summed E-state index contributed by atoms with van der Waals surface area (Å²) in [6.07, 6.45) is 1.41. The predicted molar refractivity (Wildman–Crippen MR) is 126 cm³/mol. The third-order valence-corrected chi connectivity index (χ3v) is 6.87. The van der Waals surface area contributed by atoms with Crippen LogP contribution in [0.15, 0.2) is 48.7 Å². The Hall–Kier alpha value is -3.33. The van der Waals surface area contributed by atoms with Crippen LogP contribution in [-0.4, -0.2) is 50.9 Å². The lowest BCUT2D eigenvalue weighted by Gasteiger charge is -2.35. The van der Waals surface area contributed by atoms with Gasteiger partial charge in [0, 0.05) is 11.6 Å². The number of nitrogens with zero attached hydrogens (tertiary/aromatic N) is 2. The molecule has 0 fully saturated rings. The van der Waals surface area contributed by atoms with Crippen LogP contribution in [0.4, 0.5) is 5.69 Å². The van der Waals surface area contributed by atoms with Crippen LogP contribution in [0.25, 0.3) is 10.9 Å². The molecule has 0 bridgehead atoms. The number of rotatable bonds is 3. The summed E-state index contributed by atoms with van der Waals surface area (Å²) < 4.78 is 38.7. The first kappa shape index (κ1) is 22.8. The first-order chi connectivity index (χ1) is 15.4. The summed E-state index contributed by atoms with van der Waals surface area (Å²) in [6, 6.07) is 12.3. The zero-order valence-electron chi connectivity index (χ0n) is 19.2. The lowest BCUT2D eigenvalue weighted by molar-refractivity contribution is 0.0602. The summed E-state index contributed by atoms with van der Waals surface area (Å²) in [6.45, 7) is 5.92. The Kier molecular flexibility index (Phi) is 5.48. The van der Waals surface area contributed by atoms with E-state index in [0.29, 0.717) is 22.3 Å². The molecule has 0 N–H and O–H groups in total. The topological polar surface area (TPSA) is 94.9 Å². The van der Waals surface area contributed by atoms with Crippen molar-refractivity contribution in [3.05, 3.63) is 59.8 Å². The Labute approximate surface area is 192 Å². The molecule has 4 rings (SSSR count). The van der Waals surface area contributed by atoms with Crippen molar-refractivity contribution in [1.82, 2.24) is 4.57 Å². The van der Waals surface area contributed by atoms with E-state index < -0.39 is 28.0 Å². The van der Waals surface area contributed by atoms with Gasteiger partial charge in [-0.1, -0.05) is 45.0 Å². The first-order valence-corrected chi connectivity index (χ1v) is 12.3. The smallest absolute Gasteiger partial charge is 0.340 e. The highest BCUT2D eigenvalue weighted by atomic mass is 32.2. The minimum absolute atomic E-state index is 0.182. The van der Waals surface area contributed by atoms with E-state index in [1.807, 2.05) is 26.8 Å². The highest BCUT2D eigenvalue weighted by Gasteiger charge is 2.37. The zero-order chi connectivity index (χ0) is 24.1. The number of ether oxygens (including phenoxy) is 2. The molecular weight excluding hydrogens is 444 g/mol. The van der Waals surface area contributed by atoms with Crippen molar-refractivity contribution in [2.75, 3.05) is 24.2 Å². The van der Waals surface area contributed by atoms with Gasteiger partial charge in [-0.3, -0.25) is 13.7 Å². The van der Waals surface area contributed by atoms with E-state index in [1.54, 1.807) is 36.4 Å². The maximum Gasteiger partial charge on any atom is 0.340 e. The molecule has 0 saturated carbocycles. The second-order valence-electron chi connectivity index (χ2n) is 9.09. The van der Waals surface area contributed by atoms with Gasteiger partial charge in [0.2, 0.25) is 10.0 Å². The van der Waals surface area contributed by atoms with Gasteiger partial charge in [0.15, 0.2) is 6.10 Å². The van der Waals surface area contributed by atoms with E-state index in [0.717, 1.165) is 11.8 Å². The summed E-state index contributed by atoms with van der Waals surface area (Å²) >= 11 is 0. The molecule has 2 aromatic carbocycles. The summed E-state index contributed by atoms with van der Waals surface area (Å²) in [5, 5.41) is 0.559. The number of hydrogen-bond donors (Lipinski definition) is 0. The van der Waals surface area contributed by atoms with Crippen LogP contribution in [0.1, 0.15) is 41.5 Å². The fraction of sp³-hybridized carbons (Fsp3) is 0.333. The molecule has 0 aliphatic carbocycles. The minimum atomic E-state index is -3.69. The second kappa shape index (κ2) is 7.91. The molecule has 0 spiro atoms. The van der Waals surface area contributed by atoms with Gasteiger partial charge in [-0.2, -0.15) is 0 Å². The van der Waals surface area contributed by atoms with Crippen molar-refractivity contribution in [2.24, 2.45) is 0 Å². The van der Waals surface area contributed by atoms with Crippen molar-refractivity contribution in [2.45, 2.75) is 32.3 Å². The summed E-state index contributed by atoms with van der Waals surface area (Å²) in [5.41, 5.74) is 1.90. The number of hydrogen-bond acceptors (Lipinski definition) is 6. The Balaban J connectivity index is 1.79. The maximum atomic E-state index is 13.5. The van der Waals surface area contributed by atoms with Crippen molar-refractivity contribution >= 4 is 38.5 Å². The van der Waals surface area contributed by atoms with Crippen LogP contribution in [0.2, 0.25) is 0 Å². The summed E-state index contributed by atoms with van der Waals surface area (Å²) in [5.74, 6) is -0.747. The van der Waals surface area contributed by atoms with Gasteiger partial charge in [0.05, 0.1) is 36.7 Å². The molecule has 2 heterocycles. The van der Waals surface area contributed by atoms with E-state index in [4.69, 9.17) is 9.47 Å². The number of carbonyl (C=O) groups is 2. The van der Waals surface area contributed by atoms with Crippen LogP contribution in [0, 0.1) is 0 Å². The van der Waals surface area contributed by atoms with Crippen LogP contribution >= 0.6 is 0 Å². The van der Waals surface area contributed by atoms with E-state index in [-0.39, 0.29) is 17.5 Å². The molecule has 1 aliphatic rings. The number of benzene rings is 2. The van der Waals surface area contributed by atoms with Gasteiger partial charge < -0.3 is 9.47 Å². The van der Waals surface area contributed by atoms with Gasteiger partial charge in [0.1, 0.15) is 5.75 Å². The van der Waals surface area contributed by atoms with Gasteiger partial charge >= 0.3 is 5.97 Å². The van der Waals surface area contributed by atoms with Crippen molar-refractivity contribution in [1.29, 1.82) is 0 Å². The van der Waals surface area contributed by atoms with Gasteiger partial charge in [-0.15, -0.1) is 0 Å². The molecule has 33 heavy (non-hydrogen) atoms. The maximum absolute atomic E-state index is 13.5. The third kappa shape index (κ3) is 4.08. The fourth-order valence-electron chi connectivity index (χ4n) is 3.95. The minimum Gasteiger partial charge on any atom is -0.476 e. The molecule has 9 heteroatoms. The van der Waals surface area contributed by atoms with Gasteiger partial charge in [-0.05, 0) is 29.2 Å². The monoisotopic (exact) mass is 470 g/mol. The normalized spacial score (nSPS) is 16.3. The summed E-state index contributed by atoms with van der Waals surface area (Å²) in [7, 11) is -2.42. The number of fused-ring (bicyclic) bond motifs is 2. The lowest BCUT2D eigenvalue weighted by atomic mass is 9.86. The number of aromatic nitrogens is 1. The summed E-state index contributed by atoms with van der Waals surface area (Å²) in [4.78, 5) is 25.7. The molecule has 1 atom stereocenters. The molecule has 1 aromatic heterocycles. The number of para-hydroxylation sites is 1. The van der Waals surface area contributed by atoms with E-state index in [9.17, 15) is 18.0 Å². The van der Waals surface area contributed by atoms with Crippen LogP contribution < -0.4 is 9.04 Å². The first-order valence-electron chi connectivity index (χ1n) is 10.4. The second-order valence-corrected chi connectivity index (χ2v) is 11.0. The van der Waals surface area contributed by atoms with E-state index >= 15 is 0 Å². The van der Waals surface area contributed by atoms with Gasteiger partial charge in [0.25, 0.3) is 5.91 Å². The molecule has 1 unspecified atom stereocenters. The Morgan fingerprint density at radius 1 is 1.12 bits per heavy atom. The van der Waals surface area contributed by atoms with E-state index in [1.165, 1.54) is 22.2 Å². The zero-order valence-corrected chi connectivity index (χ0v) is 20.0. The predicted octanol–water partition coefficient (Wildman–Crippen LogP) is 3.59. The average Bonchev–Trinajstić information content (AvgIpc) is 3.15. The van der Waals surface area contributed by atoms with E-state index in [2.05, 4.69) is 0 Å². The van der Waals surface area contributed by atoms with Crippen molar-refractivity contribution in [3.8, 4) is 5.75 Å². The molecular formula is C24H26N2O6S. The molecule has 3 aromatic rings. The molecule has 0 radical (unpaired) electrons. The lowest BCUT2D eigenvalue weighted by Crippen LogP contribution is -2.48. The molecule has 0 saturated heterocycles. The number of esters is 1. The SMILES string of the molecule is COC(=O)c1cn(C(=O)C2CN(S(C)(=O)=O)c3cc(C(C)(C)C)ccc3O2)c2ccccc12. The number of sulfonamides is 1. The van der Waals surface area contributed by atoms with Crippen LogP contribution in [0.3, 0.4) is 0 Å². The van der Waals surface area contributed by atoms with Crippen LogP contribution in [-0.2, 0) is 20.2 Å². The molecule has 0 amide bonds. The van der Waals surface area contributed by atoms with Crippen molar-refractivity contribution < 1.29 is 27.5 Å². The van der Waals surface area contributed by atoms with Crippen LogP contribution in [0.5, 0.6) is 5.75 Å².